The van der Waals surface area contributed by atoms with Crippen molar-refractivity contribution < 1.29 is 19.4 Å². The predicted octanol–water partition coefficient (Wildman–Crippen LogP) is 1.59. The third-order valence-corrected chi connectivity index (χ3v) is 2.36. The van der Waals surface area contributed by atoms with E-state index in [1.807, 2.05) is 13.8 Å². The Labute approximate surface area is 112 Å². The molecule has 1 aromatic rings. The fourth-order valence-corrected chi connectivity index (χ4v) is 1.44. The lowest BCUT2D eigenvalue weighted by Gasteiger charge is -2.13. The molecule has 0 spiro atoms. The lowest BCUT2D eigenvalue weighted by Crippen LogP contribution is -2.14. The van der Waals surface area contributed by atoms with Crippen LogP contribution in [0.25, 0.3) is 0 Å². The van der Waals surface area contributed by atoms with Gasteiger partial charge in [-0.1, -0.05) is 5.16 Å². The van der Waals surface area contributed by atoms with Gasteiger partial charge in [0.25, 0.3) is 0 Å². The van der Waals surface area contributed by atoms with Crippen molar-refractivity contribution in [3.8, 4) is 11.5 Å². The van der Waals surface area contributed by atoms with E-state index in [-0.39, 0.29) is 11.9 Å². The number of hydrogen-bond acceptors (Lipinski definition) is 5. The first-order chi connectivity index (χ1) is 9.08. The highest BCUT2D eigenvalue weighted by atomic mass is 16.5. The third-order valence-electron chi connectivity index (χ3n) is 2.36. The average molecular weight is 268 g/mol. The number of benzene rings is 1. The summed E-state index contributed by atoms with van der Waals surface area (Å²) < 4.78 is 16.1. The van der Waals surface area contributed by atoms with Crippen molar-refractivity contribution in [2.45, 2.75) is 20.0 Å². The molecule has 0 aliphatic heterocycles. The molecule has 6 nitrogen and oxygen atoms in total. The van der Waals surface area contributed by atoms with Crippen LogP contribution in [0, 0.1) is 0 Å². The van der Waals surface area contributed by atoms with Crippen LogP contribution in [0.3, 0.4) is 0 Å². The van der Waals surface area contributed by atoms with Gasteiger partial charge in [0.15, 0.2) is 17.3 Å². The summed E-state index contributed by atoms with van der Waals surface area (Å²) in [5.74, 6) is 1.13. The molecule has 0 fully saturated rings. The maximum atomic E-state index is 8.62. The van der Waals surface area contributed by atoms with E-state index < -0.39 is 0 Å². The summed E-state index contributed by atoms with van der Waals surface area (Å²) >= 11 is 0. The number of nitrogens with zero attached hydrogens (tertiary/aromatic N) is 1. The summed E-state index contributed by atoms with van der Waals surface area (Å²) in [6.45, 7) is 4.86. The van der Waals surface area contributed by atoms with Crippen LogP contribution in [0.4, 0.5) is 0 Å². The van der Waals surface area contributed by atoms with Crippen molar-refractivity contribution in [1.82, 2.24) is 0 Å². The van der Waals surface area contributed by atoms with E-state index in [4.69, 9.17) is 25.2 Å². The second-order valence-corrected chi connectivity index (χ2v) is 4.12. The zero-order chi connectivity index (χ0) is 14.3. The fourth-order valence-electron chi connectivity index (χ4n) is 1.44. The van der Waals surface area contributed by atoms with Crippen LogP contribution in [0.1, 0.15) is 19.4 Å². The van der Waals surface area contributed by atoms with E-state index in [0.717, 1.165) is 0 Å². The molecule has 0 aliphatic carbocycles. The Kier molecular flexibility index (Phi) is 5.95. The van der Waals surface area contributed by atoms with Crippen LogP contribution in [0.15, 0.2) is 23.4 Å². The summed E-state index contributed by atoms with van der Waals surface area (Å²) in [5.41, 5.74) is 6.07. The van der Waals surface area contributed by atoms with E-state index >= 15 is 0 Å². The topological polar surface area (TPSA) is 86.3 Å². The molecule has 1 aromatic carbocycles. The van der Waals surface area contributed by atoms with Crippen LogP contribution in [-0.2, 0) is 4.74 Å². The highest BCUT2D eigenvalue weighted by Crippen LogP contribution is 2.27. The van der Waals surface area contributed by atoms with Crippen molar-refractivity contribution in [2.75, 3.05) is 20.3 Å². The number of nitrogens with two attached hydrogens (primary N) is 1. The molecule has 0 heterocycles. The third kappa shape index (κ3) is 4.67. The van der Waals surface area contributed by atoms with Crippen molar-refractivity contribution in [1.29, 1.82) is 0 Å². The molecule has 19 heavy (non-hydrogen) atoms. The van der Waals surface area contributed by atoms with Crippen LogP contribution in [-0.4, -0.2) is 37.5 Å². The minimum atomic E-state index is 0.0213. The standard InChI is InChI=1S/C13H20N2O4/c1-9(2)18-6-7-19-11-5-4-10(13(14)15-16)8-12(11)17-3/h4-5,8-9,16H,6-7H2,1-3H3,(H2,14,15). The Hall–Kier alpha value is -1.95. The zero-order valence-corrected chi connectivity index (χ0v) is 11.4. The zero-order valence-electron chi connectivity index (χ0n) is 11.4. The number of amidine groups is 1. The fraction of sp³-hybridized carbons (Fsp3) is 0.462. The molecule has 3 N–H and O–H groups in total. The number of hydrogen-bond donors (Lipinski definition) is 2. The molecule has 6 heteroatoms. The molecule has 0 aliphatic rings. The Bertz CT molecular complexity index is 433. The van der Waals surface area contributed by atoms with Crippen LogP contribution in [0.5, 0.6) is 11.5 Å². The molecule has 0 aromatic heterocycles. The van der Waals surface area contributed by atoms with E-state index in [1.165, 1.54) is 7.11 Å². The van der Waals surface area contributed by atoms with Gasteiger partial charge in [0.2, 0.25) is 0 Å². The summed E-state index contributed by atoms with van der Waals surface area (Å²) in [6, 6.07) is 5.05. The first-order valence-electron chi connectivity index (χ1n) is 5.98. The Morgan fingerprint density at radius 3 is 2.63 bits per heavy atom. The minimum Gasteiger partial charge on any atom is -0.493 e. The van der Waals surface area contributed by atoms with E-state index in [9.17, 15) is 0 Å². The minimum absolute atomic E-state index is 0.0213. The highest BCUT2D eigenvalue weighted by molar-refractivity contribution is 5.97. The van der Waals surface area contributed by atoms with Gasteiger partial charge in [-0.25, -0.2) is 0 Å². The first kappa shape index (κ1) is 15.1. The Morgan fingerprint density at radius 2 is 2.05 bits per heavy atom. The van der Waals surface area contributed by atoms with Gasteiger partial charge in [0.1, 0.15) is 6.61 Å². The van der Waals surface area contributed by atoms with E-state index in [1.54, 1.807) is 18.2 Å². The van der Waals surface area contributed by atoms with Gasteiger partial charge in [0, 0.05) is 5.56 Å². The van der Waals surface area contributed by atoms with Crippen LogP contribution < -0.4 is 15.2 Å². The van der Waals surface area contributed by atoms with Gasteiger partial charge < -0.3 is 25.2 Å². The molecule has 0 bridgehead atoms. The Morgan fingerprint density at radius 1 is 1.32 bits per heavy atom. The predicted molar refractivity (Wildman–Crippen MR) is 72.1 cm³/mol. The van der Waals surface area contributed by atoms with E-state index in [0.29, 0.717) is 30.3 Å². The largest absolute Gasteiger partial charge is 0.493 e. The molecular weight excluding hydrogens is 248 g/mol. The Balaban J connectivity index is 2.68. The molecular formula is C13H20N2O4. The molecule has 0 radical (unpaired) electrons. The number of rotatable bonds is 7. The van der Waals surface area contributed by atoms with Gasteiger partial charge in [-0.2, -0.15) is 0 Å². The second-order valence-electron chi connectivity index (χ2n) is 4.12. The first-order valence-corrected chi connectivity index (χ1v) is 5.98. The number of methoxy groups -OCH3 is 1. The van der Waals surface area contributed by atoms with Gasteiger partial charge in [0.05, 0.1) is 19.8 Å². The van der Waals surface area contributed by atoms with Crippen molar-refractivity contribution in [3.63, 3.8) is 0 Å². The summed E-state index contributed by atoms with van der Waals surface area (Å²) in [6.07, 6.45) is 0.174. The lowest BCUT2D eigenvalue weighted by atomic mass is 10.2. The summed E-state index contributed by atoms with van der Waals surface area (Å²) in [5, 5.41) is 11.6. The normalized spacial score (nSPS) is 11.7. The van der Waals surface area contributed by atoms with Crippen LogP contribution in [0.2, 0.25) is 0 Å². The summed E-state index contributed by atoms with van der Waals surface area (Å²) in [4.78, 5) is 0. The molecule has 0 atom stereocenters. The summed E-state index contributed by atoms with van der Waals surface area (Å²) in [7, 11) is 1.53. The molecule has 106 valence electrons. The van der Waals surface area contributed by atoms with Gasteiger partial charge in [-0.05, 0) is 32.0 Å². The number of ether oxygens (including phenoxy) is 3. The highest BCUT2D eigenvalue weighted by Gasteiger charge is 2.08. The molecule has 0 saturated heterocycles. The van der Waals surface area contributed by atoms with Crippen molar-refractivity contribution in [2.24, 2.45) is 10.9 Å². The molecule has 0 saturated carbocycles. The maximum Gasteiger partial charge on any atom is 0.170 e. The SMILES string of the molecule is COc1cc(/C(N)=N/O)ccc1OCCOC(C)C. The van der Waals surface area contributed by atoms with E-state index in [2.05, 4.69) is 5.16 Å². The van der Waals surface area contributed by atoms with Gasteiger partial charge in [-0.3, -0.25) is 0 Å². The van der Waals surface area contributed by atoms with Crippen LogP contribution >= 0.6 is 0 Å². The molecule has 0 amide bonds. The van der Waals surface area contributed by atoms with Gasteiger partial charge >= 0.3 is 0 Å². The average Bonchev–Trinajstić information content (AvgIpc) is 2.42. The smallest absolute Gasteiger partial charge is 0.170 e. The van der Waals surface area contributed by atoms with Crippen molar-refractivity contribution in [3.05, 3.63) is 23.8 Å². The molecule has 0 unspecified atom stereocenters. The second kappa shape index (κ2) is 7.48. The van der Waals surface area contributed by atoms with Crippen molar-refractivity contribution >= 4 is 5.84 Å². The maximum absolute atomic E-state index is 8.62. The van der Waals surface area contributed by atoms with Gasteiger partial charge in [-0.15, -0.1) is 0 Å². The monoisotopic (exact) mass is 268 g/mol. The quantitative estimate of drug-likeness (QED) is 0.258. The number of oxime groups is 1. The lowest BCUT2D eigenvalue weighted by molar-refractivity contribution is 0.0547. The molecule has 1 rings (SSSR count).